The number of nitrogens with zero attached hydrogens (tertiary/aromatic N) is 1. The van der Waals surface area contributed by atoms with Crippen LogP contribution < -0.4 is 10.1 Å². The van der Waals surface area contributed by atoms with E-state index in [1.165, 1.54) is 6.07 Å². The van der Waals surface area contributed by atoms with E-state index in [9.17, 15) is 4.39 Å². The fraction of sp³-hybridized carbons (Fsp3) is 0.133. The summed E-state index contributed by atoms with van der Waals surface area (Å²) in [5.41, 5.74) is 0.934. The molecule has 1 heterocycles. The third-order valence-corrected chi connectivity index (χ3v) is 2.46. The lowest BCUT2D eigenvalue weighted by Gasteiger charge is -2.10. The van der Waals surface area contributed by atoms with Crippen molar-refractivity contribution in [3.63, 3.8) is 0 Å². The van der Waals surface area contributed by atoms with Crippen LogP contribution in [0.3, 0.4) is 0 Å². The third-order valence-electron chi connectivity index (χ3n) is 2.46. The predicted molar refractivity (Wildman–Crippen MR) is 72.3 cm³/mol. The second-order valence-corrected chi connectivity index (χ2v) is 3.80. The molecule has 1 N–H and O–H groups in total. The quantitative estimate of drug-likeness (QED) is 0.659. The summed E-state index contributed by atoms with van der Waals surface area (Å²) in [5.74, 6) is 3.10. The lowest BCUT2D eigenvalue weighted by atomic mass is 10.2. The number of pyridine rings is 1. The monoisotopic (exact) mass is 256 g/mol. The Kier molecular flexibility index (Phi) is 4.35. The number of rotatable bonds is 5. The van der Waals surface area contributed by atoms with Gasteiger partial charge in [0.15, 0.2) is 0 Å². The largest absolute Gasteiger partial charge is 0.481 e. The third kappa shape index (κ3) is 3.71. The Morgan fingerprint density at radius 1 is 1.21 bits per heavy atom. The molecule has 1 aromatic carbocycles. The SMILES string of the molecule is C#CCOc1ccccc1CNc1cccc(F)n1. The van der Waals surface area contributed by atoms with Gasteiger partial charge in [-0.1, -0.05) is 30.2 Å². The van der Waals surface area contributed by atoms with Crippen LogP contribution in [-0.2, 0) is 6.54 Å². The number of hydrogen-bond acceptors (Lipinski definition) is 3. The molecular weight excluding hydrogens is 243 g/mol. The van der Waals surface area contributed by atoms with E-state index in [-0.39, 0.29) is 6.61 Å². The Balaban J connectivity index is 2.05. The van der Waals surface area contributed by atoms with Crippen molar-refractivity contribution in [2.45, 2.75) is 6.54 Å². The standard InChI is InChI=1S/C15H13FN2O/c1-2-10-19-13-7-4-3-6-12(13)11-17-15-9-5-8-14(16)18-15/h1,3-9H,10-11H2,(H,17,18). The maximum atomic E-state index is 12.9. The zero-order chi connectivity index (χ0) is 13.5. The average molecular weight is 256 g/mol. The molecule has 0 saturated heterocycles. The Bertz CT molecular complexity index is 593. The smallest absolute Gasteiger partial charge is 0.214 e. The van der Waals surface area contributed by atoms with Crippen LogP contribution in [0.4, 0.5) is 10.2 Å². The molecule has 0 aliphatic rings. The van der Waals surface area contributed by atoms with Crippen molar-refractivity contribution in [2.75, 3.05) is 11.9 Å². The highest BCUT2D eigenvalue weighted by atomic mass is 19.1. The predicted octanol–water partition coefficient (Wildman–Crippen LogP) is 2.84. The topological polar surface area (TPSA) is 34.1 Å². The fourth-order valence-corrected chi connectivity index (χ4v) is 1.60. The first-order valence-electron chi connectivity index (χ1n) is 5.80. The molecule has 0 radical (unpaired) electrons. The van der Waals surface area contributed by atoms with E-state index in [1.807, 2.05) is 24.3 Å². The molecule has 4 heteroatoms. The van der Waals surface area contributed by atoms with Crippen LogP contribution in [0.2, 0.25) is 0 Å². The first-order valence-corrected chi connectivity index (χ1v) is 5.80. The van der Waals surface area contributed by atoms with Gasteiger partial charge in [0.05, 0.1) is 0 Å². The number of anilines is 1. The fourth-order valence-electron chi connectivity index (χ4n) is 1.60. The van der Waals surface area contributed by atoms with Crippen molar-refractivity contribution in [3.05, 3.63) is 54.0 Å². The number of halogens is 1. The van der Waals surface area contributed by atoms with Gasteiger partial charge in [-0.3, -0.25) is 0 Å². The molecule has 0 amide bonds. The number of terminal acetylenes is 1. The zero-order valence-corrected chi connectivity index (χ0v) is 10.3. The van der Waals surface area contributed by atoms with Gasteiger partial charge in [0.1, 0.15) is 18.2 Å². The molecule has 0 fully saturated rings. The molecule has 2 aromatic rings. The number of para-hydroxylation sites is 1. The number of hydrogen-bond donors (Lipinski definition) is 1. The molecule has 0 aliphatic carbocycles. The van der Waals surface area contributed by atoms with Crippen LogP contribution in [0.5, 0.6) is 5.75 Å². The maximum Gasteiger partial charge on any atom is 0.214 e. The van der Waals surface area contributed by atoms with E-state index in [4.69, 9.17) is 11.2 Å². The molecule has 3 nitrogen and oxygen atoms in total. The van der Waals surface area contributed by atoms with Gasteiger partial charge >= 0.3 is 0 Å². The Morgan fingerprint density at radius 2 is 2.05 bits per heavy atom. The highest BCUT2D eigenvalue weighted by Crippen LogP contribution is 2.19. The van der Waals surface area contributed by atoms with E-state index in [0.717, 1.165) is 5.56 Å². The minimum atomic E-state index is -0.512. The summed E-state index contributed by atoms with van der Waals surface area (Å²) in [6, 6.07) is 12.1. The van der Waals surface area contributed by atoms with Crippen molar-refractivity contribution in [1.82, 2.24) is 4.98 Å². The molecule has 0 saturated carbocycles. The molecule has 96 valence electrons. The summed E-state index contributed by atoms with van der Waals surface area (Å²) in [4.78, 5) is 3.73. The molecule has 0 unspecified atom stereocenters. The van der Waals surface area contributed by atoms with Crippen molar-refractivity contribution in [3.8, 4) is 18.1 Å². The van der Waals surface area contributed by atoms with Gasteiger partial charge in [-0.15, -0.1) is 6.42 Å². The molecule has 0 atom stereocenters. The summed E-state index contributed by atoms with van der Waals surface area (Å²) in [6.45, 7) is 0.701. The summed E-state index contributed by atoms with van der Waals surface area (Å²) in [5, 5.41) is 3.04. The van der Waals surface area contributed by atoms with Gasteiger partial charge in [0, 0.05) is 12.1 Å². The van der Waals surface area contributed by atoms with Crippen LogP contribution >= 0.6 is 0 Å². The minimum Gasteiger partial charge on any atom is -0.481 e. The lowest BCUT2D eigenvalue weighted by Crippen LogP contribution is -2.05. The van der Waals surface area contributed by atoms with Crippen LogP contribution in [0, 0.1) is 18.3 Å². The van der Waals surface area contributed by atoms with Crippen molar-refractivity contribution >= 4 is 5.82 Å². The summed E-state index contributed by atoms with van der Waals surface area (Å²) >= 11 is 0. The molecule has 0 aliphatic heterocycles. The van der Waals surface area contributed by atoms with Crippen LogP contribution in [0.25, 0.3) is 0 Å². The van der Waals surface area contributed by atoms with E-state index >= 15 is 0 Å². The van der Waals surface area contributed by atoms with Crippen LogP contribution in [0.1, 0.15) is 5.56 Å². The van der Waals surface area contributed by atoms with Gasteiger partial charge in [-0.05, 0) is 18.2 Å². The van der Waals surface area contributed by atoms with Gasteiger partial charge in [0.25, 0.3) is 0 Å². The number of aromatic nitrogens is 1. The first-order chi connectivity index (χ1) is 9.29. The Labute approximate surface area is 111 Å². The normalized spacial score (nSPS) is 9.68. The molecular formula is C15H13FN2O. The average Bonchev–Trinajstić information content (AvgIpc) is 2.44. The van der Waals surface area contributed by atoms with Gasteiger partial charge in [-0.25, -0.2) is 4.98 Å². The van der Waals surface area contributed by atoms with E-state index < -0.39 is 5.95 Å². The minimum absolute atomic E-state index is 0.217. The number of benzene rings is 1. The number of ether oxygens (including phenoxy) is 1. The van der Waals surface area contributed by atoms with Gasteiger partial charge < -0.3 is 10.1 Å². The lowest BCUT2D eigenvalue weighted by molar-refractivity contribution is 0.366. The zero-order valence-electron chi connectivity index (χ0n) is 10.3. The molecule has 2 rings (SSSR count). The summed E-state index contributed by atoms with van der Waals surface area (Å²) < 4.78 is 18.4. The van der Waals surface area contributed by atoms with E-state index in [2.05, 4.69) is 16.2 Å². The molecule has 19 heavy (non-hydrogen) atoms. The molecule has 0 bridgehead atoms. The second-order valence-electron chi connectivity index (χ2n) is 3.80. The highest BCUT2D eigenvalue weighted by Gasteiger charge is 2.03. The van der Waals surface area contributed by atoms with Crippen molar-refractivity contribution in [1.29, 1.82) is 0 Å². The van der Waals surface area contributed by atoms with E-state index in [0.29, 0.717) is 18.1 Å². The van der Waals surface area contributed by atoms with Gasteiger partial charge in [0.2, 0.25) is 5.95 Å². The molecule has 1 aromatic heterocycles. The second kappa shape index (κ2) is 6.41. The van der Waals surface area contributed by atoms with Gasteiger partial charge in [-0.2, -0.15) is 4.39 Å². The molecule has 0 spiro atoms. The summed E-state index contributed by atoms with van der Waals surface area (Å²) in [6.07, 6.45) is 5.17. The van der Waals surface area contributed by atoms with Crippen molar-refractivity contribution < 1.29 is 9.13 Å². The highest BCUT2D eigenvalue weighted by molar-refractivity contribution is 5.39. The summed E-state index contributed by atoms with van der Waals surface area (Å²) in [7, 11) is 0. The van der Waals surface area contributed by atoms with E-state index in [1.54, 1.807) is 12.1 Å². The first kappa shape index (κ1) is 12.9. The number of nitrogens with one attached hydrogen (secondary N) is 1. The Morgan fingerprint density at radius 3 is 2.84 bits per heavy atom. The Hall–Kier alpha value is -2.54. The van der Waals surface area contributed by atoms with Crippen molar-refractivity contribution in [2.24, 2.45) is 0 Å². The van der Waals surface area contributed by atoms with Crippen LogP contribution in [0.15, 0.2) is 42.5 Å². The maximum absolute atomic E-state index is 12.9. The van der Waals surface area contributed by atoms with Crippen LogP contribution in [-0.4, -0.2) is 11.6 Å².